The van der Waals surface area contributed by atoms with E-state index in [1.807, 2.05) is 0 Å². The fraction of sp³-hybridized carbons (Fsp3) is 0. The molecule has 0 aliphatic heterocycles. The minimum absolute atomic E-state index is 0.268. The second-order valence-electron chi connectivity index (χ2n) is 3.37. The fourth-order valence-corrected chi connectivity index (χ4v) is 1.39. The minimum Gasteiger partial charge on any atom is -0.328 e. The van der Waals surface area contributed by atoms with Gasteiger partial charge in [0.1, 0.15) is 11.0 Å². The van der Waals surface area contributed by atoms with Crippen LogP contribution in [0.2, 0.25) is 5.15 Å². The molecule has 2 aromatic heterocycles. The molecule has 0 radical (unpaired) electrons. The van der Waals surface area contributed by atoms with Crippen LogP contribution in [0.15, 0.2) is 41.3 Å². The summed E-state index contributed by atoms with van der Waals surface area (Å²) in [7, 11) is 0. The summed E-state index contributed by atoms with van der Waals surface area (Å²) in [4.78, 5) is 28.8. The van der Waals surface area contributed by atoms with Crippen LogP contribution in [0.4, 0.5) is 5.82 Å². The molecule has 1 amide bonds. The van der Waals surface area contributed by atoms with E-state index in [1.54, 1.807) is 18.2 Å². The summed E-state index contributed by atoms with van der Waals surface area (Å²) in [5, 5.41) is 0.318. The monoisotopic (exact) mass is 264 g/mol. The second kappa shape index (κ2) is 5.33. The van der Waals surface area contributed by atoms with Gasteiger partial charge in [-0.05, 0) is 18.2 Å². The highest BCUT2D eigenvalue weighted by Crippen LogP contribution is 2.08. The molecule has 92 valence electrons. The lowest BCUT2D eigenvalue weighted by atomic mass is 10.3. The number of nitrogens with one attached hydrogen (secondary N) is 3. The Morgan fingerprint density at radius 1 is 1.28 bits per heavy atom. The first-order valence-electron chi connectivity index (χ1n) is 5.03. The van der Waals surface area contributed by atoms with Crippen molar-refractivity contribution in [2.24, 2.45) is 0 Å². The Balaban J connectivity index is 2.00. The van der Waals surface area contributed by atoms with Crippen LogP contribution in [0.25, 0.3) is 0 Å². The third-order valence-electron chi connectivity index (χ3n) is 2.07. The summed E-state index contributed by atoms with van der Waals surface area (Å²) in [6.07, 6.45) is 1.32. The Hall–Kier alpha value is -2.34. The first-order valence-corrected chi connectivity index (χ1v) is 5.40. The van der Waals surface area contributed by atoms with Gasteiger partial charge in [-0.1, -0.05) is 17.7 Å². The normalized spacial score (nSPS) is 9.83. The molecule has 0 aliphatic carbocycles. The highest BCUT2D eigenvalue weighted by Gasteiger charge is 2.04. The van der Waals surface area contributed by atoms with E-state index in [0.717, 1.165) is 0 Å². The van der Waals surface area contributed by atoms with E-state index in [0.29, 0.717) is 16.5 Å². The van der Waals surface area contributed by atoms with Gasteiger partial charge in [0, 0.05) is 12.3 Å². The number of anilines is 1. The predicted molar refractivity (Wildman–Crippen MR) is 67.4 cm³/mol. The highest BCUT2D eigenvalue weighted by atomic mass is 35.5. The van der Waals surface area contributed by atoms with Crippen LogP contribution in [0.1, 0.15) is 10.4 Å². The Bertz CT molecular complexity index is 606. The predicted octanol–water partition coefficient (Wildman–Crippen LogP) is 1.18. The SMILES string of the molecule is O=C(NNc1cccc(Cl)n1)c1ccc(=O)[nH]c1. The van der Waals surface area contributed by atoms with Crippen molar-refractivity contribution in [1.29, 1.82) is 0 Å². The van der Waals surface area contributed by atoms with Crippen molar-refractivity contribution in [3.05, 3.63) is 57.6 Å². The number of carbonyl (C=O) groups excluding carboxylic acids is 1. The number of amides is 1. The Morgan fingerprint density at radius 2 is 2.11 bits per heavy atom. The van der Waals surface area contributed by atoms with Crippen molar-refractivity contribution in [3.63, 3.8) is 0 Å². The smallest absolute Gasteiger partial charge is 0.271 e. The summed E-state index contributed by atoms with van der Waals surface area (Å²) in [5.74, 6) is 0.0216. The molecule has 18 heavy (non-hydrogen) atoms. The van der Waals surface area contributed by atoms with Gasteiger partial charge in [-0.25, -0.2) is 4.98 Å². The van der Waals surface area contributed by atoms with Gasteiger partial charge >= 0.3 is 0 Å². The maximum absolute atomic E-state index is 11.7. The third kappa shape index (κ3) is 3.08. The first kappa shape index (κ1) is 12.1. The zero-order chi connectivity index (χ0) is 13.0. The molecule has 2 rings (SSSR count). The lowest BCUT2D eigenvalue weighted by molar-refractivity contribution is 0.0962. The number of H-pyrrole nitrogens is 1. The summed E-state index contributed by atoms with van der Waals surface area (Å²) in [6.45, 7) is 0. The van der Waals surface area contributed by atoms with Gasteiger partial charge in [0.2, 0.25) is 5.56 Å². The van der Waals surface area contributed by atoms with Crippen molar-refractivity contribution < 1.29 is 4.79 Å². The van der Waals surface area contributed by atoms with Gasteiger partial charge in [0.25, 0.3) is 5.91 Å². The molecule has 6 nitrogen and oxygen atoms in total. The van der Waals surface area contributed by atoms with Gasteiger partial charge in [-0.2, -0.15) is 0 Å². The first-order chi connectivity index (χ1) is 8.65. The molecular weight excluding hydrogens is 256 g/mol. The quantitative estimate of drug-likeness (QED) is 0.574. The number of aromatic nitrogens is 2. The van der Waals surface area contributed by atoms with Crippen molar-refractivity contribution in [2.45, 2.75) is 0 Å². The van der Waals surface area contributed by atoms with E-state index in [2.05, 4.69) is 20.8 Å². The molecule has 0 saturated heterocycles. The Labute approximate surface area is 107 Å². The highest BCUT2D eigenvalue weighted by molar-refractivity contribution is 6.29. The van der Waals surface area contributed by atoms with Crippen LogP contribution in [-0.2, 0) is 0 Å². The number of nitrogens with zero attached hydrogens (tertiary/aromatic N) is 1. The van der Waals surface area contributed by atoms with E-state index in [1.165, 1.54) is 18.3 Å². The molecule has 0 bridgehead atoms. The molecule has 7 heteroatoms. The van der Waals surface area contributed by atoms with Gasteiger partial charge in [-0.15, -0.1) is 0 Å². The largest absolute Gasteiger partial charge is 0.328 e. The number of carbonyl (C=O) groups is 1. The van der Waals surface area contributed by atoms with Crippen LogP contribution in [0, 0.1) is 0 Å². The zero-order valence-electron chi connectivity index (χ0n) is 9.11. The standard InChI is InChI=1S/C11H9ClN4O2/c12-8-2-1-3-9(14-8)15-16-11(18)7-4-5-10(17)13-6-7/h1-6H,(H,13,17)(H,14,15)(H,16,18). The van der Waals surface area contributed by atoms with Gasteiger partial charge in [-0.3, -0.25) is 20.4 Å². The average molecular weight is 265 g/mol. The van der Waals surface area contributed by atoms with Crippen LogP contribution < -0.4 is 16.4 Å². The number of hydrazine groups is 1. The number of hydrogen-bond acceptors (Lipinski definition) is 4. The molecule has 0 fully saturated rings. The number of halogens is 1. The topological polar surface area (TPSA) is 86.9 Å². The molecule has 0 aromatic carbocycles. The van der Waals surface area contributed by atoms with Gasteiger partial charge in [0.05, 0.1) is 5.56 Å². The molecule has 2 aromatic rings. The number of aromatic amines is 1. The van der Waals surface area contributed by atoms with Crippen molar-refractivity contribution in [3.8, 4) is 0 Å². The number of rotatable bonds is 3. The minimum atomic E-state index is -0.395. The summed E-state index contributed by atoms with van der Waals surface area (Å²) < 4.78 is 0. The third-order valence-corrected chi connectivity index (χ3v) is 2.28. The molecular formula is C11H9ClN4O2. The average Bonchev–Trinajstić information content (AvgIpc) is 2.37. The summed E-state index contributed by atoms with van der Waals surface area (Å²) in [6, 6.07) is 7.66. The molecule has 0 aliphatic rings. The number of pyridine rings is 2. The van der Waals surface area contributed by atoms with E-state index in [4.69, 9.17) is 11.6 Å². The van der Waals surface area contributed by atoms with Crippen molar-refractivity contribution in [2.75, 3.05) is 5.43 Å². The van der Waals surface area contributed by atoms with E-state index in [-0.39, 0.29) is 5.56 Å². The van der Waals surface area contributed by atoms with Gasteiger partial charge in [0.15, 0.2) is 0 Å². The maximum atomic E-state index is 11.7. The van der Waals surface area contributed by atoms with Crippen LogP contribution in [0.5, 0.6) is 0 Å². The molecule has 0 spiro atoms. The Morgan fingerprint density at radius 3 is 2.78 bits per heavy atom. The van der Waals surface area contributed by atoms with Crippen molar-refractivity contribution >= 4 is 23.3 Å². The van der Waals surface area contributed by atoms with Crippen LogP contribution in [0.3, 0.4) is 0 Å². The molecule has 0 unspecified atom stereocenters. The van der Waals surface area contributed by atoms with E-state index in [9.17, 15) is 9.59 Å². The van der Waals surface area contributed by atoms with E-state index < -0.39 is 5.91 Å². The van der Waals surface area contributed by atoms with Crippen LogP contribution in [-0.4, -0.2) is 15.9 Å². The Kier molecular flexibility index (Phi) is 3.59. The van der Waals surface area contributed by atoms with Crippen LogP contribution >= 0.6 is 11.6 Å². The maximum Gasteiger partial charge on any atom is 0.271 e. The molecule has 2 heterocycles. The fourth-order valence-electron chi connectivity index (χ4n) is 1.22. The zero-order valence-corrected chi connectivity index (χ0v) is 9.86. The van der Waals surface area contributed by atoms with Crippen molar-refractivity contribution in [1.82, 2.24) is 15.4 Å². The lowest BCUT2D eigenvalue weighted by Crippen LogP contribution is -2.30. The van der Waals surface area contributed by atoms with E-state index >= 15 is 0 Å². The molecule has 0 saturated carbocycles. The number of hydrogen-bond donors (Lipinski definition) is 3. The summed E-state index contributed by atoms with van der Waals surface area (Å²) >= 11 is 5.69. The van der Waals surface area contributed by atoms with Gasteiger partial charge < -0.3 is 4.98 Å². The molecule has 3 N–H and O–H groups in total. The molecule has 0 atom stereocenters. The lowest BCUT2D eigenvalue weighted by Gasteiger charge is -2.07. The second-order valence-corrected chi connectivity index (χ2v) is 3.75. The summed E-state index contributed by atoms with van der Waals surface area (Å²) in [5.41, 5.74) is 5.10.